The van der Waals surface area contributed by atoms with Gasteiger partial charge in [-0.3, -0.25) is 4.79 Å². The molecule has 25 heavy (non-hydrogen) atoms. The van der Waals surface area contributed by atoms with Crippen molar-refractivity contribution in [2.75, 3.05) is 10.6 Å². The molecule has 3 rings (SSSR count). The average molecular weight is 360 g/mol. The number of rotatable bonds is 6. The second kappa shape index (κ2) is 7.76. The molecule has 0 saturated heterocycles. The Morgan fingerprint density at radius 3 is 2.24 bits per heavy atom. The summed E-state index contributed by atoms with van der Waals surface area (Å²) in [6, 6.07) is 18.1. The van der Waals surface area contributed by atoms with E-state index in [1.54, 1.807) is 12.1 Å². The highest BCUT2D eigenvalue weighted by atomic mass is 32.1. The van der Waals surface area contributed by atoms with Gasteiger partial charge < -0.3 is 15.4 Å². The maximum atomic E-state index is 12.3. The van der Waals surface area contributed by atoms with Crippen molar-refractivity contribution in [3.05, 3.63) is 70.9 Å². The highest BCUT2D eigenvalue weighted by Crippen LogP contribution is 2.27. The van der Waals surface area contributed by atoms with Crippen molar-refractivity contribution in [3.8, 4) is 5.75 Å². The van der Waals surface area contributed by atoms with Gasteiger partial charge in [0.1, 0.15) is 10.6 Å². The van der Waals surface area contributed by atoms with E-state index in [1.165, 1.54) is 11.4 Å². The summed E-state index contributed by atoms with van der Waals surface area (Å²) >= 11 is 1.04. The molecule has 2 aromatic carbocycles. The van der Waals surface area contributed by atoms with E-state index in [0.29, 0.717) is 5.69 Å². The monoisotopic (exact) mass is 360 g/mol. The summed E-state index contributed by atoms with van der Waals surface area (Å²) < 4.78 is 29.0. The van der Waals surface area contributed by atoms with Crippen LogP contribution in [0.25, 0.3) is 0 Å². The maximum Gasteiger partial charge on any atom is 0.387 e. The van der Waals surface area contributed by atoms with Crippen molar-refractivity contribution in [2.45, 2.75) is 6.61 Å². The molecule has 0 spiro atoms. The van der Waals surface area contributed by atoms with E-state index in [4.69, 9.17) is 0 Å². The van der Waals surface area contributed by atoms with E-state index in [-0.39, 0.29) is 10.6 Å². The third kappa shape index (κ3) is 4.54. The van der Waals surface area contributed by atoms with Gasteiger partial charge in [-0.15, -0.1) is 11.3 Å². The zero-order valence-electron chi connectivity index (χ0n) is 12.9. The number of hydrogen-bond acceptors (Lipinski definition) is 4. The normalized spacial score (nSPS) is 10.5. The molecule has 0 aliphatic carbocycles. The minimum Gasteiger partial charge on any atom is -0.433 e. The minimum absolute atomic E-state index is 0.104. The van der Waals surface area contributed by atoms with Crippen molar-refractivity contribution in [3.63, 3.8) is 0 Å². The lowest BCUT2D eigenvalue weighted by atomic mass is 10.2. The number of halogens is 2. The molecule has 2 N–H and O–H groups in total. The topological polar surface area (TPSA) is 50.4 Å². The summed E-state index contributed by atoms with van der Waals surface area (Å²) in [4.78, 5) is 12.3. The molecular weight excluding hydrogens is 346 g/mol. The highest BCUT2D eigenvalue weighted by molar-refractivity contribution is 7.12. The quantitative estimate of drug-likeness (QED) is 0.623. The molecule has 128 valence electrons. The zero-order valence-corrected chi connectivity index (χ0v) is 13.7. The smallest absolute Gasteiger partial charge is 0.387 e. The Kier molecular flexibility index (Phi) is 5.25. The predicted molar refractivity (Wildman–Crippen MR) is 95.1 cm³/mol. The zero-order chi connectivity index (χ0) is 17.6. The van der Waals surface area contributed by atoms with Crippen molar-refractivity contribution in [2.24, 2.45) is 0 Å². The summed E-state index contributed by atoms with van der Waals surface area (Å²) in [7, 11) is 0. The number of nitrogens with one attached hydrogen (secondary N) is 2. The first-order chi connectivity index (χ1) is 12.1. The number of alkyl halides is 2. The molecule has 1 amide bonds. The fourth-order valence-electron chi connectivity index (χ4n) is 2.16. The highest BCUT2D eigenvalue weighted by Gasteiger charge is 2.17. The Bertz CT molecular complexity index is 836. The molecule has 0 atom stereocenters. The Morgan fingerprint density at radius 2 is 1.56 bits per heavy atom. The van der Waals surface area contributed by atoms with Crippen LogP contribution in [0.15, 0.2) is 66.0 Å². The van der Waals surface area contributed by atoms with Crippen LogP contribution < -0.4 is 15.4 Å². The molecule has 1 heterocycles. The second-order valence-electron chi connectivity index (χ2n) is 5.01. The van der Waals surface area contributed by atoms with Gasteiger partial charge in [0.05, 0.1) is 0 Å². The largest absolute Gasteiger partial charge is 0.433 e. The SMILES string of the molecule is O=C(Nc1ccc(Nc2ccccc2)cc1)c1sccc1OC(F)F. The van der Waals surface area contributed by atoms with Gasteiger partial charge in [0.15, 0.2) is 0 Å². The average Bonchev–Trinajstić information content (AvgIpc) is 3.05. The van der Waals surface area contributed by atoms with E-state index < -0.39 is 12.5 Å². The molecule has 0 radical (unpaired) electrons. The standard InChI is InChI=1S/C18H14F2N2O2S/c19-18(20)24-15-10-11-25-16(15)17(23)22-14-8-6-13(7-9-14)21-12-4-2-1-3-5-12/h1-11,18,21H,(H,22,23). The van der Waals surface area contributed by atoms with Crippen LogP contribution in [-0.4, -0.2) is 12.5 Å². The third-order valence-corrected chi connectivity index (χ3v) is 4.15. The maximum absolute atomic E-state index is 12.3. The molecule has 0 fully saturated rings. The van der Waals surface area contributed by atoms with Crippen LogP contribution in [-0.2, 0) is 0 Å². The van der Waals surface area contributed by atoms with Gasteiger partial charge in [-0.25, -0.2) is 0 Å². The van der Waals surface area contributed by atoms with Crippen LogP contribution >= 0.6 is 11.3 Å². The van der Waals surface area contributed by atoms with Crippen LogP contribution in [0.3, 0.4) is 0 Å². The number of carbonyl (C=O) groups excluding carboxylic acids is 1. The molecule has 0 aliphatic rings. The van der Waals surface area contributed by atoms with Crippen molar-refractivity contribution in [1.82, 2.24) is 0 Å². The number of thiophene rings is 1. The minimum atomic E-state index is -2.97. The van der Waals surface area contributed by atoms with E-state index in [2.05, 4.69) is 15.4 Å². The van der Waals surface area contributed by atoms with Gasteiger partial charge in [0.25, 0.3) is 5.91 Å². The van der Waals surface area contributed by atoms with Crippen LogP contribution in [0.4, 0.5) is 25.8 Å². The lowest BCUT2D eigenvalue weighted by Crippen LogP contribution is -2.13. The number of amides is 1. The number of ether oxygens (including phenoxy) is 1. The Labute approximate surface area is 147 Å². The van der Waals surface area contributed by atoms with E-state index >= 15 is 0 Å². The first-order valence-corrected chi connectivity index (χ1v) is 8.25. The molecule has 4 nitrogen and oxygen atoms in total. The van der Waals surface area contributed by atoms with Gasteiger partial charge in [0, 0.05) is 17.1 Å². The predicted octanol–water partition coefficient (Wildman–Crippen LogP) is 5.35. The number of hydrogen-bond donors (Lipinski definition) is 2. The number of para-hydroxylation sites is 1. The molecule has 0 aliphatic heterocycles. The molecule has 0 unspecified atom stereocenters. The Hall–Kier alpha value is -2.93. The van der Waals surface area contributed by atoms with Crippen molar-refractivity contribution >= 4 is 34.3 Å². The first kappa shape index (κ1) is 16.9. The lowest BCUT2D eigenvalue weighted by molar-refractivity contribution is -0.0498. The second-order valence-corrected chi connectivity index (χ2v) is 5.93. The van der Waals surface area contributed by atoms with Crippen LogP contribution in [0.1, 0.15) is 9.67 Å². The summed E-state index contributed by atoms with van der Waals surface area (Å²) in [5, 5.41) is 7.42. The van der Waals surface area contributed by atoms with E-state index in [0.717, 1.165) is 22.7 Å². The summed E-state index contributed by atoms with van der Waals surface area (Å²) in [6.45, 7) is -2.97. The number of anilines is 3. The van der Waals surface area contributed by atoms with Crippen LogP contribution in [0.2, 0.25) is 0 Å². The molecule has 1 aromatic heterocycles. The van der Waals surface area contributed by atoms with Crippen LogP contribution in [0.5, 0.6) is 5.75 Å². The summed E-state index contributed by atoms with van der Waals surface area (Å²) in [6.07, 6.45) is 0. The summed E-state index contributed by atoms with van der Waals surface area (Å²) in [5.74, 6) is -0.616. The van der Waals surface area contributed by atoms with Gasteiger partial charge in [-0.2, -0.15) is 8.78 Å². The fourth-order valence-corrected chi connectivity index (χ4v) is 2.88. The van der Waals surface area contributed by atoms with Gasteiger partial charge in [-0.05, 0) is 47.8 Å². The molecule has 7 heteroatoms. The lowest BCUT2D eigenvalue weighted by Gasteiger charge is -2.09. The Balaban J connectivity index is 1.65. The van der Waals surface area contributed by atoms with Gasteiger partial charge >= 0.3 is 6.61 Å². The molecule has 0 saturated carbocycles. The molecule has 3 aromatic rings. The molecule has 0 bridgehead atoms. The van der Waals surface area contributed by atoms with Crippen LogP contribution in [0, 0.1) is 0 Å². The Morgan fingerprint density at radius 1 is 0.920 bits per heavy atom. The van der Waals surface area contributed by atoms with Crippen molar-refractivity contribution < 1.29 is 18.3 Å². The third-order valence-electron chi connectivity index (χ3n) is 3.26. The van der Waals surface area contributed by atoms with Crippen molar-refractivity contribution in [1.29, 1.82) is 0 Å². The number of carbonyl (C=O) groups is 1. The molecular formula is C18H14F2N2O2S. The van der Waals surface area contributed by atoms with E-state index in [9.17, 15) is 13.6 Å². The fraction of sp³-hybridized carbons (Fsp3) is 0.0556. The number of benzene rings is 2. The van der Waals surface area contributed by atoms with E-state index in [1.807, 2.05) is 42.5 Å². The van der Waals surface area contributed by atoms with Gasteiger partial charge in [0.2, 0.25) is 0 Å². The van der Waals surface area contributed by atoms with Gasteiger partial charge in [-0.1, -0.05) is 18.2 Å². The first-order valence-electron chi connectivity index (χ1n) is 7.37. The summed E-state index contributed by atoms with van der Waals surface area (Å²) in [5.41, 5.74) is 2.37.